The van der Waals surface area contributed by atoms with Gasteiger partial charge in [0.15, 0.2) is 22.6 Å². The molecule has 2 N–H and O–H groups in total. The lowest BCUT2D eigenvalue weighted by molar-refractivity contribution is -0.275. The summed E-state index contributed by atoms with van der Waals surface area (Å²) in [5.41, 5.74) is 0.235. The highest BCUT2D eigenvalue weighted by molar-refractivity contribution is 7.79. The molecule has 2 atom stereocenters. The molecule has 3 amide bonds. The molecule has 14 heteroatoms. The predicted molar refractivity (Wildman–Crippen MR) is 116 cm³/mol. The third-order valence-corrected chi connectivity index (χ3v) is 6.20. The monoisotopic (exact) mass is 520 g/mol. The fourth-order valence-electron chi connectivity index (χ4n) is 3.47. The van der Waals surface area contributed by atoms with E-state index in [9.17, 15) is 36.3 Å². The molecule has 0 spiro atoms. The Morgan fingerprint density at radius 1 is 1.26 bits per heavy atom. The molecule has 0 saturated heterocycles. The number of ether oxygens (including phenoxy) is 2. The van der Waals surface area contributed by atoms with Crippen LogP contribution >= 0.6 is 11.3 Å². The number of hydrogen-bond donors (Lipinski definition) is 2. The van der Waals surface area contributed by atoms with Gasteiger partial charge in [0, 0.05) is 12.3 Å². The first-order valence-corrected chi connectivity index (χ1v) is 11.9. The summed E-state index contributed by atoms with van der Waals surface area (Å²) < 4.78 is 68.1. The van der Waals surface area contributed by atoms with E-state index in [4.69, 9.17) is 4.74 Å². The number of nitrogens with one attached hydrogen (secondary N) is 1. The van der Waals surface area contributed by atoms with Crippen molar-refractivity contribution in [2.24, 2.45) is 0 Å². The average Bonchev–Trinajstić information content (AvgIpc) is 3.23. The van der Waals surface area contributed by atoms with Crippen LogP contribution < -0.4 is 14.8 Å². The van der Waals surface area contributed by atoms with Crippen molar-refractivity contribution in [3.63, 3.8) is 0 Å². The normalized spacial score (nSPS) is 15.2. The van der Waals surface area contributed by atoms with Crippen LogP contribution in [0.25, 0.3) is 0 Å². The molecule has 2 aromatic rings. The van der Waals surface area contributed by atoms with E-state index in [1.54, 1.807) is 6.92 Å². The first-order valence-electron chi connectivity index (χ1n) is 9.79. The minimum absolute atomic E-state index is 0.00163. The largest absolute Gasteiger partial charge is 0.573 e. The first kappa shape index (κ1) is 25.6. The average molecular weight is 521 g/mol. The molecule has 1 aliphatic heterocycles. The van der Waals surface area contributed by atoms with Gasteiger partial charge in [-0.2, -0.15) is 0 Å². The van der Waals surface area contributed by atoms with Gasteiger partial charge in [-0.25, -0.2) is 4.21 Å². The molecule has 34 heavy (non-hydrogen) atoms. The maximum absolute atomic E-state index is 13.2. The molecule has 1 aliphatic rings. The van der Waals surface area contributed by atoms with Gasteiger partial charge in [-0.1, -0.05) is 6.07 Å². The number of benzene rings is 1. The number of imide groups is 1. The van der Waals surface area contributed by atoms with Gasteiger partial charge in [0.2, 0.25) is 5.91 Å². The summed E-state index contributed by atoms with van der Waals surface area (Å²) in [4.78, 5) is 38.6. The standard InChI is InChI=1S/C20H19F3N2O7S2/c1-3-31-15-8-11(4-5-14(15)32-20(21,22)23)13(6-7-34(29)30)25-18(27)12-9-33-17(24-10(2)26)16(12)19(25)28/h4-5,8-9,13H,3,6-7H2,1-2H3,(H,24,26)(H,29,30). The minimum Gasteiger partial charge on any atom is -0.490 e. The molecule has 1 aromatic heterocycles. The lowest BCUT2D eigenvalue weighted by Crippen LogP contribution is -2.35. The van der Waals surface area contributed by atoms with Crippen LogP contribution in [-0.2, 0) is 15.9 Å². The zero-order chi connectivity index (χ0) is 25.2. The maximum Gasteiger partial charge on any atom is 0.573 e. The Kier molecular flexibility index (Phi) is 7.63. The van der Waals surface area contributed by atoms with Crippen LogP contribution in [0.4, 0.5) is 18.2 Å². The van der Waals surface area contributed by atoms with E-state index in [1.807, 2.05) is 0 Å². The summed E-state index contributed by atoms with van der Waals surface area (Å²) in [7, 11) is 0. The van der Waals surface area contributed by atoms with Gasteiger partial charge < -0.3 is 19.3 Å². The van der Waals surface area contributed by atoms with Crippen LogP contribution in [0.3, 0.4) is 0 Å². The lowest BCUT2D eigenvalue weighted by atomic mass is 10.0. The smallest absolute Gasteiger partial charge is 0.490 e. The number of hydrogen-bond acceptors (Lipinski definition) is 7. The van der Waals surface area contributed by atoms with Gasteiger partial charge in [0.05, 0.1) is 29.5 Å². The first-order chi connectivity index (χ1) is 15.9. The van der Waals surface area contributed by atoms with E-state index in [2.05, 4.69) is 10.1 Å². The number of rotatable bonds is 9. The number of anilines is 1. The zero-order valence-electron chi connectivity index (χ0n) is 17.8. The summed E-state index contributed by atoms with van der Waals surface area (Å²) in [6, 6.07) is 2.30. The number of amides is 3. The number of fused-ring (bicyclic) bond motifs is 1. The van der Waals surface area contributed by atoms with Crippen molar-refractivity contribution in [2.45, 2.75) is 32.7 Å². The second-order valence-electron chi connectivity index (χ2n) is 7.03. The third-order valence-electron chi connectivity index (χ3n) is 4.72. The van der Waals surface area contributed by atoms with Crippen molar-refractivity contribution in [1.82, 2.24) is 4.90 Å². The van der Waals surface area contributed by atoms with E-state index in [0.717, 1.165) is 22.3 Å². The molecular formula is C20H19F3N2O7S2. The summed E-state index contributed by atoms with van der Waals surface area (Å²) in [5.74, 6) is -3.11. The van der Waals surface area contributed by atoms with E-state index < -0.39 is 47.0 Å². The molecule has 0 radical (unpaired) electrons. The lowest BCUT2D eigenvalue weighted by Gasteiger charge is -2.27. The van der Waals surface area contributed by atoms with Crippen molar-refractivity contribution in [3.05, 3.63) is 40.3 Å². The van der Waals surface area contributed by atoms with Gasteiger partial charge in [-0.05, 0) is 31.0 Å². The second-order valence-corrected chi connectivity index (χ2v) is 8.96. The summed E-state index contributed by atoms with van der Waals surface area (Å²) >= 11 is -1.27. The van der Waals surface area contributed by atoms with E-state index in [-0.39, 0.29) is 46.2 Å². The highest BCUT2D eigenvalue weighted by Gasteiger charge is 2.44. The second kappa shape index (κ2) is 10.1. The number of nitrogens with zero attached hydrogens (tertiary/aromatic N) is 1. The quantitative estimate of drug-likeness (QED) is 0.379. The van der Waals surface area contributed by atoms with E-state index in [0.29, 0.717) is 0 Å². The molecular weight excluding hydrogens is 501 g/mol. The SMILES string of the molecule is CCOc1cc(C(CCS(=O)O)N2C(=O)c3csc(NC(C)=O)c3C2=O)ccc1OC(F)(F)F. The molecule has 2 heterocycles. The maximum atomic E-state index is 13.2. The highest BCUT2D eigenvalue weighted by Crippen LogP contribution is 2.42. The molecule has 0 bridgehead atoms. The molecule has 0 saturated carbocycles. The Morgan fingerprint density at radius 2 is 1.97 bits per heavy atom. The Morgan fingerprint density at radius 3 is 2.56 bits per heavy atom. The molecule has 0 aliphatic carbocycles. The fraction of sp³-hybridized carbons (Fsp3) is 0.350. The van der Waals surface area contributed by atoms with Crippen molar-refractivity contribution in [1.29, 1.82) is 0 Å². The van der Waals surface area contributed by atoms with Crippen molar-refractivity contribution >= 4 is 45.1 Å². The Hall–Kier alpha value is -2.97. The number of carbonyl (C=O) groups is 3. The van der Waals surface area contributed by atoms with Crippen LogP contribution in [0.5, 0.6) is 11.5 Å². The van der Waals surface area contributed by atoms with Gasteiger partial charge in [-0.15, -0.1) is 24.5 Å². The van der Waals surface area contributed by atoms with Gasteiger partial charge in [-0.3, -0.25) is 19.3 Å². The van der Waals surface area contributed by atoms with Gasteiger partial charge >= 0.3 is 6.36 Å². The summed E-state index contributed by atoms with van der Waals surface area (Å²) in [6.45, 7) is 2.79. The predicted octanol–water partition coefficient (Wildman–Crippen LogP) is 3.95. The van der Waals surface area contributed by atoms with Crippen LogP contribution in [0.15, 0.2) is 23.6 Å². The van der Waals surface area contributed by atoms with Crippen molar-refractivity contribution in [3.8, 4) is 11.5 Å². The summed E-state index contributed by atoms with van der Waals surface area (Å²) in [6.07, 6.45) is -5.13. The van der Waals surface area contributed by atoms with Crippen molar-refractivity contribution in [2.75, 3.05) is 17.7 Å². The zero-order valence-corrected chi connectivity index (χ0v) is 19.4. The van der Waals surface area contributed by atoms with Crippen LogP contribution in [-0.4, -0.2) is 50.1 Å². The van der Waals surface area contributed by atoms with Crippen molar-refractivity contribution < 1.29 is 45.8 Å². The van der Waals surface area contributed by atoms with Crippen LogP contribution in [0, 0.1) is 0 Å². The molecule has 1 aromatic carbocycles. The van der Waals surface area contributed by atoms with Crippen LogP contribution in [0.2, 0.25) is 0 Å². The Balaban J connectivity index is 2.04. The van der Waals surface area contributed by atoms with E-state index >= 15 is 0 Å². The van der Waals surface area contributed by atoms with Gasteiger partial charge in [0.1, 0.15) is 5.00 Å². The molecule has 2 unspecified atom stereocenters. The molecule has 9 nitrogen and oxygen atoms in total. The Labute approximate surface area is 198 Å². The van der Waals surface area contributed by atoms with E-state index in [1.165, 1.54) is 24.4 Å². The van der Waals surface area contributed by atoms with Crippen LogP contribution in [0.1, 0.15) is 52.6 Å². The number of carbonyl (C=O) groups excluding carboxylic acids is 3. The molecule has 184 valence electrons. The number of halogens is 3. The molecule has 0 fully saturated rings. The number of thiophene rings is 1. The third kappa shape index (κ3) is 5.56. The highest BCUT2D eigenvalue weighted by atomic mass is 32.2. The fourth-order valence-corrected chi connectivity index (χ4v) is 4.87. The van der Waals surface area contributed by atoms with Gasteiger partial charge in [0.25, 0.3) is 11.8 Å². The topological polar surface area (TPSA) is 122 Å². The number of alkyl halides is 3. The molecule has 3 rings (SSSR count). The summed E-state index contributed by atoms with van der Waals surface area (Å²) in [5, 5.41) is 4.08. The minimum atomic E-state index is -4.98. The Bertz CT molecular complexity index is 1150.